The Kier molecular flexibility index (Phi) is 4.04. The van der Waals surface area contributed by atoms with E-state index in [0.29, 0.717) is 5.41 Å². The number of hydrogen-bond donors (Lipinski definition) is 1. The van der Waals surface area contributed by atoms with E-state index in [-0.39, 0.29) is 0 Å². The van der Waals surface area contributed by atoms with Crippen molar-refractivity contribution in [1.82, 2.24) is 5.32 Å². The first-order chi connectivity index (χ1) is 7.37. The largest absolute Gasteiger partial charge is 0.381 e. The highest BCUT2D eigenvalue weighted by molar-refractivity contribution is 4.92. The maximum atomic E-state index is 5.67. The van der Waals surface area contributed by atoms with Crippen LogP contribution in [0.3, 0.4) is 0 Å². The standard InChI is InChI=1S/C13H25NO/c1-2-14-10-13(8-9-15-11-13)12-6-4-3-5-7-12/h12,14H,2-11H2,1H3. The lowest BCUT2D eigenvalue weighted by Crippen LogP contribution is -2.41. The zero-order chi connectivity index (χ0) is 10.6. The van der Waals surface area contributed by atoms with Crippen molar-refractivity contribution in [3.63, 3.8) is 0 Å². The van der Waals surface area contributed by atoms with Crippen LogP contribution in [0.4, 0.5) is 0 Å². The molecule has 1 unspecified atom stereocenters. The SMILES string of the molecule is CCNCC1(C2CCCCC2)CCOC1. The second-order valence-electron chi connectivity index (χ2n) is 5.28. The highest BCUT2D eigenvalue weighted by Gasteiger charge is 2.41. The van der Waals surface area contributed by atoms with Gasteiger partial charge in [-0.05, 0) is 31.7 Å². The van der Waals surface area contributed by atoms with Gasteiger partial charge in [0.2, 0.25) is 0 Å². The van der Waals surface area contributed by atoms with Crippen LogP contribution in [0.5, 0.6) is 0 Å². The number of nitrogens with one attached hydrogen (secondary N) is 1. The van der Waals surface area contributed by atoms with Crippen molar-refractivity contribution in [2.75, 3.05) is 26.3 Å². The Bertz CT molecular complexity index is 181. The van der Waals surface area contributed by atoms with E-state index < -0.39 is 0 Å². The Morgan fingerprint density at radius 1 is 1.27 bits per heavy atom. The van der Waals surface area contributed by atoms with Crippen LogP contribution in [0.1, 0.15) is 45.4 Å². The molecular formula is C13H25NO. The van der Waals surface area contributed by atoms with Gasteiger partial charge in [0.1, 0.15) is 0 Å². The average molecular weight is 211 g/mol. The zero-order valence-electron chi connectivity index (χ0n) is 10.1. The number of ether oxygens (including phenoxy) is 1. The Morgan fingerprint density at radius 3 is 2.67 bits per heavy atom. The van der Waals surface area contributed by atoms with Crippen molar-refractivity contribution in [3.8, 4) is 0 Å². The Morgan fingerprint density at radius 2 is 2.07 bits per heavy atom. The predicted molar refractivity (Wildman–Crippen MR) is 63.0 cm³/mol. The number of rotatable bonds is 4. The lowest BCUT2D eigenvalue weighted by molar-refractivity contribution is 0.0825. The molecule has 0 aromatic carbocycles. The van der Waals surface area contributed by atoms with Crippen molar-refractivity contribution in [1.29, 1.82) is 0 Å². The van der Waals surface area contributed by atoms with E-state index in [4.69, 9.17) is 4.74 Å². The summed E-state index contributed by atoms with van der Waals surface area (Å²) in [6.45, 7) is 6.46. The van der Waals surface area contributed by atoms with Crippen LogP contribution >= 0.6 is 0 Å². The van der Waals surface area contributed by atoms with E-state index in [1.165, 1.54) is 45.1 Å². The molecule has 0 aromatic heterocycles. The smallest absolute Gasteiger partial charge is 0.0538 e. The predicted octanol–water partition coefficient (Wildman–Crippen LogP) is 2.58. The van der Waals surface area contributed by atoms with Crippen LogP contribution < -0.4 is 5.32 Å². The summed E-state index contributed by atoms with van der Waals surface area (Å²) in [7, 11) is 0. The van der Waals surface area contributed by atoms with Gasteiger partial charge >= 0.3 is 0 Å². The third-order valence-electron chi connectivity index (χ3n) is 4.33. The van der Waals surface area contributed by atoms with Gasteiger partial charge in [0.05, 0.1) is 6.61 Å². The topological polar surface area (TPSA) is 21.3 Å². The van der Waals surface area contributed by atoms with Gasteiger partial charge in [0.15, 0.2) is 0 Å². The molecule has 15 heavy (non-hydrogen) atoms. The van der Waals surface area contributed by atoms with E-state index in [2.05, 4.69) is 12.2 Å². The minimum atomic E-state index is 0.483. The number of hydrogen-bond acceptors (Lipinski definition) is 2. The molecular weight excluding hydrogens is 186 g/mol. The van der Waals surface area contributed by atoms with Gasteiger partial charge in [0, 0.05) is 18.6 Å². The molecule has 0 amide bonds. The molecule has 1 atom stereocenters. The maximum Gasteiger partial charge on any atom is 0.0538 e. The first-order valence-corrected chi connectivity index (χ1v) is 6.66. The molecule has 0 spiro atoms. The molecule has 1 aliphatic carbocycles. The first-order valence-electron chi connectivity index (χ1n) is 6.66. The van der Waals surface area contributed by atoms with Crippen molar-refractivity contribution >= 4 is 0 Å². The second kappa shape index (κ2) is 5.31. The fraction of sp³-hybridized carbons (Fsp3) is 1.00. The summed E-state index contributed by atoms with van der Waals surface area (Å²) in [5.74, 6) is 0.924. The molecule has 88 valence electrons. The van der Waals surface area contributed by atoms with Crippen molar-refractivity contribution in [2.24, 2.45) is 11.3 Å². The highest BCUT2D eigenvalue weighted by atomic mass is 16.5. The molecule has 0 aromatic rings. The lowest BCUT2D eigenvalue weighted by atomic mass is 9.68. The summed E-state index contributed by atoms with van der Waals surface area (Å²) in [5, 5.41) is 3.55. The van der Waals surface area contributed by atoms with Gasteiger partial charge in [-0.25, -0.2) is 0 Å². The molecule has 1 N–H and O–H groups in total. The minimum Gasteiger partial charge on any atom is -0.381 e. The molecule has 1 aliphatic heterocycles. The maximum absolute atomic E-state index is 5.67. The summed E-state index contributed by atoms with van der Waals surface area (Å²) in [4.78, 5) is 0. The van der Waals surface area contributed by atoms with Gasteiger partial charge in [-0.15, -0.1) is 0 Å². The Labute approximate surface area is 93.8 Å². The second-order valence-corrected chi connectivity index (χ2v) is 5.28. The van der Waals surface area contributed by atoms with Crippen molar-refractivity contribution in [3.05, 3.63) is 0 Å². The van der Waals surface area contributed by atoms with Crippen LogP contribution in [-0.4, -0.2) is 26.3 Å². The van der Waals surface area contributed by atoms with Crippen LogP contribution in [0, 0.1) is 11.3 Å². The van der Waals surface area contributed by atoms with Gasteiger partial charge in [0.25, 0.3) is 0 Å². The summed E-state index contributed by atoms with van der Waals surface area (Å²) in [6, 6.07) is 0. The van der Waals surface area contributed by atoms with E-state index in [1.54, 1.807) is 0 Å². The molecule has 2 aliphatic rings. The fourth-order valence-electron chi connectivity index (χ4n) is 3.32. The molecule has 2 fully saturated rings. The Balaban J connectivity index is 1.96. The van der Waals surface area contributed by atoms with Crippen LogP contribution in [0.2, 0.25) is 0 Å². The van der Waals surface area contributed by atoms with Crippen molar-refractivity contribution < 1.29 is 4.74 Å². The Hall–Kier alpha value is -0.0800. The third kappa shape index (κ3) is 2.54. The summed E-state index contributed by atoms with van der Waals surface area (Å²) >= 11 is 0. The zero-order valence-corrected chi connectivity index (χ0v) is 10.1. The normalized spacial score (nSPS) is 33.4. The minimum absolute atomic E-state index is 0.483. The van der Waals surface area contributed by atoms with Gasteiger partial charge < -0.3 is 10.1 Å². The summed E-state index contributed by atoms with van der Waals surface area (Å²) in [5.41, 5.74) is 0.483. The lowest BCUT2D eigenvalue weighted by Gasteiger charge is -2.39. The average Bonchev–Trinajstić information content (AvgIpc) is 2.78. The van der Waals surface area contributed by atoms with Crippen LogP contribution in [0.15, 0.2) is 0 Å². The highest BCUT2D eigenvalue weighted by Crippen LogP contribution is 2.43. The van der Waals surface area contributed by atoms with Crippen LogP contribution in [-0.2, 0) is 4.74 Å². The molecule has 0 radical (unpaired) electrons. The summed E-state index contributed by atoms with van der Waals surface area (Å²) in [6.07, 6.45) is 8.50. The molecule has 0 bridgehead atoms. The van der Waals surface area contributed by atoms with E-state index in [9.17, 15) is 0 Å². The molecule has 1 saturated heterocycles. The molecule has 1 saturated carbocycles. The van der Waals surface area contributed by atoms with E-state index in [1.807, 2.05) is 0 Å². The van der Waals surface area contributed by atoms with Gasteiger partial charge in [-0.1, -0.05) is 26.2 Å². The fourth-order valence-corrected chi connectivity index (χ4v) is 3.32. The van der Waals surface area contributed by atoms with E-state index >= 15 is 0 Å². The third-order valence-corrected chi connectivity index (χ3v) is 4.33. The molecule has 2 nitrogen and oxygen atoms in total. The van der Waals surface area contributed by atoms with E-state index in [0.717, 1.165) is 25.7 Å². The van der Waals surface area contributed by atoms with Gasteiger partial charge in [-0.2, -0.15) is 0 Å². The molecule has 2 rings (SSSR count). The quantitative estimate of drug-likeness (QED) is 0.771. The summed E-state index contributed by atoms with van der Waals surface area (Å²) < 4.78 is 5.67. The monoisotopic (exact) mass is 211 g/mol. The molecule has 2 heteroatoms. The van der Waals surface area contributed by atoms with Gasteiger partial charge in [-0.3, -0.25) is 0 Å². The van der Waals surface area contributed by atoms with Crippen LogP contribution in [0.25, 0.3) is 0 Å². The molecule has 1 heterocycles. The first kappa shape index (κ1) is 11.4. The van der Waals surface area contributed by atoms with Crippen molar-refractivity contribution in [2.45, 2.75) is 45.4 Å².